The zero-order valence-electron chi connectivity index (χ0n) is 19.6. The number of amides is 1. The van der Waals surface area contributed by atoms with Gasteiger partial charge in [0.2, 0.25) is 11.1 Å². The third-order valence-electron chi connectivity index (χ3n) is 5.94. The summed E-state index contributed by atoms with van der Waals surface area (Å²) in [4.78, 5) is 13.4. The van der Waals surface area contributed by atoms with E-state index in [4.69, 9.17) is 4.74 Å². The van der Waals surface area contributed by atoms with Gasteiger partial charge in [0.05, 0.1) is 6.04 Å². The van der Waals surface area contributed by atoms with E-state index in [1.807, 2.05) is 66.2 Å². The molecular formula is C27H27N5O2S. The highest BCUT2D eigenvalue weighted by molar-refractivity contribution is 8.00. The minimum absolute atomic E-state index is 0.0892. The number of nitrogens with one attached hydrogen (secondary N) is 2. The first-order valence-corrected chi connectivity index (χ1v) is 12.5. The number of para-hydroxylation sites is 1. The van der Waals surface area contributed by atoms with E-state index in [1.54, 1.807) is 0 Å². The van der Waals surface area contributed by atoms with Crippen molar-refractivity contribution in [3.05, 3.63) is 101 Å². The van der Waals surface area contributed by atoms with Crippen LogP contribution in [-0.2, 0) is 17.8 Å². The largest absolute Gasteiger partial charge is 0.486 e. The Bertz CT molecular complexity index is 1290. The number of nitrogens with zero attached hydrogens (tertiary/aromatic N) is 3. The summed E-state index contributed by atoms with van der Waals surface area (Å²) < 4.78 is 7.72. The molecule has 0 spiro atoms. The van der Waals surface area contributed by atoms with Crippen LogP contribution in [-0.4, -0.2) is 26.0 Å². The first kappa shape index (κ1) is 23.0. The molecule has 0 saturated heterocycles. The molecule has 0 unspecified atom stereocenters. The van der Waals surface area contributed by atoms with Gasteiger partial charge in [0, 0.05) is 5.69 Å². The Balaban J connectivity index is 1.40. The second-order valence-corrected chi connectivity index (χ2v) is 9.54. The third kappa shape index (κ3) is 5.17. The summed E-state index contributed by atoms with van der Waals surface area (Å²) in [5.41, 5.74) is 7.67. The molecule has 1 aromatic heterocycles. The highest BCUT2D eigenvalue weighted by atomic mass is 32.2. The fourth-order valence-corrected chi connectivity index (χ4v) is 5.02. The van der Waals surface area contributed by atoms with Crippen LogP contribution in [0.15, 0.2) is 84.0 Å². The molecule has 1 aliphatic heterocycles. The smallest absolute Gasteiger partial charge is 0.240 e. The van der Waals surface area contributed by atoms with Crippen molar-refractivity contribution in [2.24, 2.45) is 0 Å². The Morgan fingerprint density at radius 3 is 2.49 bits per heavy atom. The minimum atomic E-state index is -0.442. The minimum Gasteiger partial charge on any atom is -0.486 e. The van der Waals surface area contributed by atoms with E-state index in [0.717, 1.165) is 29.0 Å². The average molecular weight is 486 g/mol. The molecular weight excluding hydrogens is 458 g/mol. The van der Waals surface area contributed by atoms with Gasteiger partial charge in [-0.15, -0.1) is 10.2 Å². The van der Waals surface area contributed by atoms with E-state index in [1.165, 1.54) is 17.3 Å². The van der Waals surface area contributed by atoms with Crippen molar-refractivity contribution in [2.75, 3.05) is 10.7 Å². The average Bonchev–Trinajstić information content (AvgIpc) is 3.30. The molecule has 0 saturated carbocycles. The lowest BCUT2D eigenvalue weighted by atomic mass is 10.0. The lowest BCUT2D eigenvalue weighted by Gasteiger charge is -2.33. The Labute approximate surface area is 208 Å². The Hall–Kier alpha value is -3.78. The summed E-state index contributed by atoms with van der Waals surface area (Å²) in [6.45, 7) is 4.42. The number of thioether (sulfide) groups is 1. The van der Waals surface area contributed by atoms with Crippen molar-refractivity contribution in [2.45, 2.75) is 43.3 Å². The van der Waals surface area contributed by atoms with Crippen molar-refractivity contribution >= 4 is 23.4 Å². The van der Waals surface area contributed by atoms with E-state index in [0.29, 0.717) is 11.0 Å². The normalized spacial score (nSPS) is 16.7. The second kappa shape index (κ2) is 10.2. The van der Waals surface area contributed by atoms with Crippen LogP contribution >= 0.6 is 11.8 Å². The number of aromatic nitrogens is 3. The molecule has 0 aliphatic carbocycles. The van der Waals surface area contributed by atoms with Gasteiger partial charge in [-0.25, -0.2) is 4.68 Å². The molecule has 0 fully saturated rings. The fourth-order valence-electron chi connectivity index (χ4n) is 3.92. The maximum atomic E-state index is 13.4. The standard InChI is InChI=1S/C27H27N5O2S/c1-3-19-11-15-21(16-12-19)28-26(33)25-24(20-13-9-18(2)10-14-20)31-32-23(29-30-27(32)35-25)17-34-22-7-5-4-6-8-22/h4-16,24-25,31H,3,17H2,1-2H3,(H,28,33)/t24-,25+/m0/s1. The van der Waals surface area contributed by atoms with E-state index < -0.39 is 5.25 Å². The molecule has 0 bridgehead atoms. The fraction of sp³-hybridized carbons (Fsp3) is 0.222. The molecule has 8 heteroatoms. The number of carbonyl (C=O) groups is 1. The summed E-state index contributed by atoms with van der Waals surface area (Å²) in [6.07, 6.45) is 0.956. The highest BCUT2D eigenvalue weighted by Crippen LogP contribution is 2.37. The van der Waals surface area contributed by atoms with Gasteiger partial charge in [0.1, 0.15) is 17.6 Å². The van der Waals surface area contributed by atoms with Crippen LogP contribution in [0.25, 0.3) is 0 Å². The molecule has 5 rings (SSSR count). The second-order valence-electron chi connectivity index (χ2n) is 8.43. The highest BCUT2D eigenvalue weighted by Gasteiger charge is 2.38. The summed E-state index contributed by atoms with van der Waals surface area (Å²) in [7, 11) is 0. The maximum Gasteiger partial charge on any atom is 0.240 e. The van der Waals surface area contributed by atoms with Gasteiger partial charge >= 0.3 is 0 Å². The zero-order valence-corrected chi connectivity index (χ0v) is 20.5. The summed E-state index contributed by atoms with van der Waals surface area (Å²) in [5.74, 6) is 1.31. The van der Waals surface area contributed by atoms with Crippen molar-refractivity contribution < 1.29 is 9.53 Å². The lowest BCUT2D eigenvalue weighted by Crippen LogP contribution is -2.41. The molecule has 7 nitrogen and oxygen atoms in total. The van der Waals surface area contributed by atoms with Crippen LogP contribution in [0, 0.1) is 6.92 Å². The first-order valence-electron chi connectivity index (χ1n) is 11.6. The van der Waals surface area contributed by atoms with Gasteiger partial charge in [-0.2, -0.15) is 0 Å². The van der Waals surface area contributed by atoms with Gasteiger partial charge < -0.3 is 15.5 Å². The van der Waals surface area contributed by atoms with Gasteiger partial charge in [-0.3, -0.25) is 4.79 Å². The Morgan fingerprint density at radius 2 is 1.77 bits per heavy atom. The number of hydrogen-bond donors (Lipinski definition) is 2. The quantitative estimate of drug-likeness (QED) is 0.378. The molecule has 0 radical (unpaired) electrons. The number of carbonyl (C=O) groups excluding carboxylic acids is 1. The van der Waals surface area contributed by atoms with Gasteiger partial charge in [0.25, 0.3) is 0 Å². The van der Waals surface area contributed by atoms with Gasteiger partial charge in [-0.05, 0) is 48.7 Å². The zero-order chi connectivity index (χ0) is 24.2. The third-order valence-corrected chi connectivity index (χ3v) is 7.15. The maximum absolute atomic E-state index is 13.4. The molecule has 35 heavy (non-hydrogen) atoms. The van der Waals surface area contributed by atoms with E-state index >= 15 is 0 Å². The summed E-state index contributed by atoms with van der Waals surface area (Å²) >= 11 is 1.40. The monoisotopic (exact) mass is 485 g/mol. The van der Waals surface area contributed by atoms with Crippen molar-refractivity contribution in [3.63, 3.8) is 0 Å². The number of hydrogen-bond acceptors (Lipinski definition) is 6. The molecule has 3 aromatic carbocycles. The summed E-state index contributed by atoms with van der Waals surface area (Å²) in [6, 6.07) is 25.5. The van der Waals surface area contributed by atoms with Crippen molar-refractivity contribution in [3.8, 4) is 5.75 Å². The SMILES string of the molecule is CCc1ccc(NC(=O)[C@@H]2Sc3nnc(COc4ccccc4)n3N[C@H]2c2ccc(C)cc2)cc1. The van der Waals surface area contributed by atoms with E-state index in [2.05, 4.69) is 52.1 Å². The molecule has 1 amide bonds. The molecule has 2 atom stereocenters. The molecule has 4 aromatic rings. The van der Waals surface area contributed by atoms with E-state index in [-0.39, 0.29) is 18.6 Å². The predicted molar refractivity (Wildman–Crippen MR) is 138 cm³/mol. The number of anilines is 1. The number of rotatable bonds is 7. The first-order chi connectivity index (χ1) is 17.1. The molecule has 178 valence electrons. The van der Waals surface area contributed by atoms with Crippen LogP contribution < -0.4 is 15.5 Å². The predicted octanol–water partition coefficient (Wildman–Crippen LogP) is 5.13. The molecule has 2 heterocycles. The van der Waals surface area contributed by atoms with Gasteiger partial charge in [0.15, 0.2) is 5.82 Å². The topological polar surface area (TPSA) is 81.1 Å². The Morgan fingerprint density at radius 1 is 1.03 bits per heavy atom. The summed E-state index contributed by atoms with van der Waals surface area (Å²) in [5, 5.41) is 11.9. The number of aryl methyl sites for hydroxylation is 2. The number of ether oxygens (including phenoxy) is 1. The molecule has 2 N–H and O–H groups in total. The van der Waals surface area contributed by atoms with Crippen LogP contribution in [0.2, 0.25) is 0 Å². The lowest BCUT2D eigenvalue weighted by molar-refractivity contribution is -0.116. The van der Waals surface area contributed by atoms with Gasteiger partial charge in [-0.1, -0.05) is 78.8 Å². The van der Waals surface area contributed by atoms with Crippen molar-refractivity contribution in [1.29, 1.82) is 0 Å². The van der Waals surface area contributed by atoms with Crippen molar-refractivity contribution in [1.82, 2.24) is 14.9 Å². The number of benzene rings is 3. The number of fused-ring (bicyclic) bond motifs is 1. The van der Waals surface area contributed by atoms with Crippen LogP contribution in [0.5, 0.6) is 5.75 Å². The molecule has 1 aliphatic rings. The Kier molecular flexibility index (Phi) is 6.72. The van der Waals surface area contributed by atoms with Crippen LogP contribution in [0.1, 0.15) is 35.5 Å². The van der Waals surface area contributed by atoms with Crippen LogP contribution in [0.3, 0.4) is 0 Å². The van der Waals surface area contributed by atoms with Crippen LogP contribution in [0.4, 0.5) is 5.69 Å². The van der Waals surface area contributed by atoms with E-state index in [9.17, 15) is 4.79 Å².